The van der Waals surface area contributed by atoms with E-state index in [2.05, 4.69) is 16.7 Å². The van der Waals surface area contributed by atoms with Crippen molar-refractivity contribution in [3.8, 4) is 0 Å². The number of hydrogen-bond acceptors (Lipinski definition) is 5. The lowest BCUT2D eigenvalue weighted by molar-refractivity contribution is -0.136. The van der Waals surface area contributed by atoms with Crippen molar-refractivity contribution in [2.24, 2.45) is 5.92 Å². The molecule has 2 aliphatic heterocycles. The Morgan fingerprint density at radius 3 is 2.61 bits per heavy atom. The van der Waals surface area contributed by atoms with Crippen LogP contribution in [0.15, 0.2) is 18.2 Å². The van der Waals surface area contributed by atoms with E-state index < -0.39 is 6.04 Å². The standard InChI is InChI=1S/C26H35N3O4/c30-22-8-4-5-17(24(22)27-19-6-2-1-3-7-19)13-16-9-10-20-18(14-16)15-29(26(20)33)21-11-12-23(31)28-25(21)32/h9-10,14,17,19,21-22,24,27,30H,1-8,11-13,15H2,(H,28,31,32)/t17-,21?,22+,24-/m1/s1. The molecular weight excluding hydrogens is 418 g/mol. The van der Waals surface area contributed by atoms with E-state index >= 15 is 0 Å². The minimum absolute atomic E-state index is 0.122. The van der Waals surface area contributed by atoms with Crippen LogP contribution in [0, 0.1) is 5.92 Å². The van der Waals surface area contributed by atoms with Crippen molar-refractivity contribution in [2.45, 2.75) is 101 Å². The number of amides is 3. The van der Waals surface area contributed by atoms with Crippen LogP contribution < -0.4 is 10.6 Å². The molecule has 1 unspecified atom stereocenters. The van der Waals surface area contributed by atoms with Crippen molar-refractivity contribution in [3.05, 3.63) is 34.9 Å². The van der Waals surface area contributed by atoms with Gasteiger partial charge in [0.05, 0.1) is 6.10 Å². The molecule has 1 saturated heterocycles. The van der Waals surface area contributed by atoms with Gasteiger partial charge in [-0.15, -0.1) is 0 Å². The number of benzene rings is 1. The van der Waals surface area contributed by atoms with E-state index in [1.807, 2.05) is 12.1 Å². The average molecular weight is 454 g/mol. The van der Waals surface area contributed by atoms with Gasteiger partial charge in [0.15, 0.2) is 0 Å². The number of nitrogens with zero attached hydrogens (tertiary/aromatic N) is 1. The zero-order chi connectivity index (χ0) is 22.9. The molecule has 2 aliphatic carbocycles. The summed E-state index contributed by atoms with van der Waals surface area (Å²) in [5.41, 5.74) is 2.79. The fourth-order valence-corrected chi connectivity index (χ4v) is 6.34. The van der Waals surface area contributed by atoms with Gasteiger partial charge >= 0.3 is 0 Å². The van der Waals surface area contributed by atoms with Crippen LogP contribution >= 0.6 is 0 Å². The number of fused-ring (bicyclic) bond motifs is 1. The summed E-state index contributed by atoms with van der Waals surface area (Å²) in [5.74, 6) is -0.401. The second-order valence-corrected chi connectivity index (χ2v) is 10.4. The first-order chi connectivity index (χ1) is 16.0. The van der Waals surface area contributed by atoms with Gasteiger partial charge in [-0.25, -0.2) is 0 Å². The first-order valence-corrected chi connectivity index (χ1v) is 12.7. The van der Waals surface area contributed by atoms with E-state index in [1.165, 1.54) is 37.7 Å². The SMILES string of the molecule is O=C1CCC(N2Cc3cc(C[C@H]4CCC[C@H](O)[C@@H]4NC4CCCCC4)ccc3C2=O)C(=O)N1. The highest BCUT2D eigenvalue weighted by atomic mass is 16.3. The Labute approximate surface area is 195 Å². The highest BCUT2D eigenvalue weighted by Gasteiger charge is 2.39. The summed E-state index contributed by atoms with van der Waals surface area (Å²) in [6.07, 6.45) is 10.5. The summed E-state index contributed by atoms with van der Waals surface area (Å²) in [7, 11) is 0. The number of imide groups is 1. The second-order valence-electron chi connectivity index (χ2n) is 10.4. The fourth-order valence-electron chi connectivity index (χ4n) is 6.34. The van der Waals surface area contributed by atoms with E-state index in [9.17, 15) is 19.5 Å². The van der Waals surface area contributed by atoms with E-state index in [0.29, 0.717) is 30.5 Å². The van der Waals surface area contributed by atoms with Crippen LogP contribution in [0.2, 0.25) is 0 Å². The molecule has 178 valence electrons. The third-order valence-corrected chi connectivity index (χ3v) is 8.12. The first kappa shape index (κ1) is 22.5. The molecular formula is C26H35N3O4. The third-order valence-electron chi connectivity index (χ3n) is 8.12. The maximum absolute atomic E-state index is 13.0. The Morgan fingerprint density at radius 1 is 1.00 bits per heavy atom. The fraction of sp³-hybridized carbons (Fsp3) is 0.654. The normalized spacial score (nSPS) is 30.9. The van der Waals surface area contributed by atoms with E-state index in [0.717, 1.165) is 31.2 Å². The highest BCUT2D eigenvalue weighted by molar-refractivity contribution is 6.05. The van der Waals surface area contributed by atoms with Gasteiger partial charge in [0.25, 0.3) is 5.91 Å². The maximum atomic E-state index is 13.0. The summed E-state index contributed by atoms with van der Waals surface area (Å²) in [6.45, 7) is 0.408. The number of piperidine rings is 1. The quantitative estimate of drug-likeness (QED) is 0.595. The van der Waals surface area contributed by atoms with Crippen molar-refractivity contribution >= 4 is 17.7 Å². The monoisotopic (exact) mass is 453 g/mol. The Balaban J connectivity index is 1.28. The number of aliphatic hydroxyl groups is 1. The molecule has 5 rings (SSSR count). The van der Waals surface area contributed by atoms with E-state index in [-0.39, 0.29) is 36.3 Å². The molecule has 2 heterocycles. The minimum Gasteiger partial charge on any atom is -0.391 e. The zero-order valence-electron chi connectivity index (χ0n) is 19.2. The molecule has 4 aliphatic rings. The lowest BCUT2D eigenvalue weighted by Gasteiger charge is -2.39. The molecule has 1 aromatic carbocycles. The summed E-state index contributed by atoms with van der Waals surface area (Å²) >= 11 is 0. The lowest BCUT2D eigenvalue weighted by Crippen LogP contribution is -2.52. The first-order valence-electron chi connectivity index (χ1n) is 12.7. The number of hydrogen-bond donors (Lipinski definition) is 3. The Kier molecular flexibility index (Phi) is 6.52. The van der Waals surface area contributed by atoms with Gasteiger partial charge in [-0.3, -0.25) is 19.7 Å². The number of rotatable bonds is 5. The van der Waals surface area contributed by atoms with Gasteiger partial charge in [0.2, 0.25) is 11.8 Å². The van der Waals surface area contributed by atoms with Crippen LogP contribution in [0.5, 0.6) is 0 Å². The summed E-state index contributed by atoms with van der Waals surface area (Å²) < 4.78 is 0. The summed E-state index contributed by atoms with van der Waals surface area (Å²) in [5, 5.41) is 17.0. The van der Waals surface area contributed by atoms with Crippen molar-refractivity contribution < 1.29 is 19.5 Å². The van der Waals surface area contributed by atoms with Crippen molar-refractivity contribution in [1.29, 1.82) is 0 Å². The predicted octanol–water partition coefficient (Wildman–Crippen LogP) is 2.44. The topological polar surface area (TPSA) is 98.7 Å². The van der Waals surface area contributed by atoms with Gasteiger partial charge in [-0.05, 0) is 61.6 Å². The van der Waals surface area contributed by atoms with E-state index in [4.69, 9.17) is 0 Å². The van der Waals surface area contributed by atoms with Gasteiger partial charge < -0.3 is 15.3 Å². The molecule has 0 spiro atoms. The largest absolute Gasteiger partial charge is 0.391 e. The summed E-state index contributed by atoms with van der Waals surface area (Å²) in [4.78, 5) is 38.3. The molecule has 0 radical (unpaired) electrons. The Morgan fingerprint density at radius 2 is 1.82 bits per heavy atom. The third kappa shape index (κ3) is 4.71. The molecule has 3 amide bonds. The smallest absolute Gasteiger partial charge is 0.255 e. The minimum atomic E-state index is -0.580. The molecule has 7 nitrogen and oxygen atoms in total. The van der Waals surface area contributed by atoms with Gasteiger partial charge in [-0.1, -0.05) is 37.8 Å². The highest BCUT2D eigenvalue weighted by Crippen LogP contribution is 2.33. The number of aliphatic hydroxyl groups excluding tert-OH is 1. The molecule has 3 fully saturated rings. The maximum Gasteiger partial charge on any atom is 0.255 e. The van der Waals surface area contributed by atoms with Crippen molar-refractivity contribution in [2.75, 3.05) is 0 Å². The molecule has 33 heavy (non-hydrogen) atoms. The Bertz CT molecular complexity index is 926. The molecule has 0 bridgehead atoms. The molecule has 4 atom stereocenters. The van der Waals surface area contributed by atoms with Gasteiger partial charge in [0, 0.05) is 30.6 Å². The molecule has 0 aromatic heterocycles. The summed E-state index contributed by atoms with van der Waals surface area (Å²) in [6, 6.07) is 6.09. The Hall–Kier alpha value is -2.25. The van der Waals surface area contributed by atoms with Crippen molar-refractivity contribution in [1.82, 2.24) is 15.5 Å². The number of nitrogens with one attached hydrogen (secondary N) is 2. The number of carbonyl (C=O) groups excluding carboxylic acids is 3. The molecule has 7 heteroatoms. The van der Waals surface area contributed by atoms with Crippen LogP contribution in [0.4, 0.5) is 0 Å². The van der Waals surface area contributed by atoms with Crippen LogP contribution in [0.25, 0.3) is 0 Å². The predicted molar refractivity (Wildman–Crippen MR) is 123 cm³/mol. The zero-order valence-corrected chi connectivity index (χ0v) is 19.2. The van der Waals surface area contributed by atoms with Crippen LogP contribution in [0.3, 0.4) is 0 Å². The van der Waals surface area contributed by atoms with Crippen LogP contribution in [-0.4, -0.2) is 52.0 Å². The molecule has 3 N–H and O–H groups in total. The van der Waals surface area contributed by atoms with Crippen LogP contribution in [-0.2, 0) is 22.6 Å². The van der Waals surface area contributed by atoms with Gasteiger partial charge in [-0.2, -0.15) is 0 Å². The van der Waals surface area contributed by atoms with E-state index in [1.54, 1.807) is 4.90 Å². The second kappa shape index (κ2) is 9.55. The van der Waals surface area contributed by atoms with Gasteiger partial charge in [0.1, 0.15) is 6.04 Å². The van der Waals surface area contributed by atoms with Crippen LogP contribution in [0.1, 0.15) is 85.7 Å². The van der Waals surface area contributed by atoms with Crippen molar-refractivity contribution in [3.63, 3.8) is 0 Å². The molecule has 1 aromatic rings. The average Bonchev–Trinajstić information content (AvgIpc) is 3.12. The lowest BCUT2D eigenvalue weighted by atomic mass is 9.78. The molecule has 2 saturated carbocycles. The number of carbonyl (C=O) groups is 3.